The number of carbonyl (C=O) groups is 1. The van der Waals surface area contributed by atoms with Gasteiger partial charge in [-0.1, -0.05) is 25.3 Å². The maximum atomic E-state index is 12.7. The van der Waals surface area contributed by atoms with E-state index in [0.717, 1.165) is 38.1 Å². The molecule has 3 saturated carbocycles. The molecule has 158 valence electrons. The van der Waals surface area contributed by atoms with Crippen LogP contribution in [0.2, 0.25) is 0 Å². The van der Waals surface area contributed by atoms with Gasteiger partial charge in [0.2, 0.25) is 5.91 Å². The zero-order valence-corrected chi connectivity index (χ0v) is 18.0. The Morgan fingerprint density at radius 2 is 1.89 bits per heavy atom. The Morgan fingerprint density at radius 1 is 1.14 bits per heavy atom. The summed E-state index contributed by atoms with van der Waals surface area (Å²) >= 11 is 0. The monoisotopic (exact) mass is 388 g/mol. The van der Waals surface area contributed by atoms with Gasteiger partial charge in [-0.3, -0.25) is 9.69 Å². The van der Waals surface area contributed by atoms with Gasteiger partial charge >= 0.3 is 0 Å². The molecule has 4 aliphatic rings. The van der Waals surface area contributed by atoms with Crippen molar-refractivity contribution in [3.05, 3.63) is 12.2 Å². The van der Waals surface area contributed by atoms with Crippen molar-refractivity contribution in [1.29, 1.82) is 0 Å². The van der Waals surface area contributed by atoms with Crippen LogP contribution in [0.3, 0.4) is 0 Å². The number of allylic oxidation sites excluding steroid dienone is 1. The normalized spacial score (nSPS) is 37.8. The number of fused-ring (bicyclic) bond motifs is 1. The molecule has 28 heavy (non-hydrogen) atoms. The number of carbonyl (C=O) groups excluding carboxylic acids is 1. The van der Waals surface area contributed by atoms with Gasteiger partial charge in [0.05, 0.1) is 5.60 Å². The average Bonchev–Trinajstić information content (AvgIpc) is 3.53. The van der Waals surface area contributed by atoms with Crippen molar-refractivity contribution in [2.75, 3.05) is 20.1 Å². The van der Waals surface area contributed by atoms with Gasteiger partial charge in [-0.2, -0.15) is 0 Å². The second kappa shape index (κ2) is 8.47. The number of aliphatic hydroxyl groups is 1. The third kappa shape index (κ3) is 4.33. The molecule has 4 atom stereocenters. The number of hydrogen-bond acceptors (Lipinski definition) is 3. The number of hydrogen-bond donors (Lipinski definition) is 1. The van der Waals surface area contributed by atoms with E-state index < -0.39 is 5.60 Å². The van der Waals surface area contributed by atoms with Crippen LogP contribution in [0.4, 0.5) is 0 Å². The summed E-state index contributed by atoms with van der Waals surface area (Å²) in [6.45, 7) is 4.51. The highest BCUT2D eigenvalue weighted by Gasteiger charge is 2.51. The van der Waals surface area contributed by atoms with Crippen LogP contribution in [0.25, 0.3) is 0 Å². The van der Waals surface area contributed by atoms with Gasteiger partial charge in [0.1, 0.15) is 0 Å². The van der Waals surface area contributed by atoms with Crippen molar-refractivity contribution in [2.45, 2.75) is 95.2 Å². The van der Waals surface area contributed by atoms with E-state index in [9.17, 15) is 9.90 Å². The minimum atomic E-state index is -0.564. The molecule has 0 aromatic rings. The molecule has 1 aliphatic heterocycles. The van der Waals surface area contributed by atoms with Crippen LogP contribution in [0.15, 0.2) is 12.2 Å². The largest absolute Gasteiger partial charge is 0.388 e. The van der Waals surface area contributed by atoms with Crippen molar-refractivity contribution < 1.29 is 9.90 Å². The predicted molar refractivity (Wildman–Crippen MR) is 113 cm³/mol. The third-order valence-electron chi connectivity index (χ3n) is 8.42. The van der Waals surface area contributed by atoms with Crippen molar-refractivity contribution >= 4 is 5.91 Å². The minimum absolute atomic E-state index is 0.153. The molecular weight excluding hydrogens is 348 g/mol. The fourth-order valence-corrected chi connectivity index (χ4v) is 6.08. The number of amides is 1. The zero-order valence-electron chi connectivity index (χ0n) is 18.0. The Balaban J connectivity index is 1.32. The fourth-order valence-electron chi connectivity index (χ4n) is 6.08. The fraction of sp³-hybridized carbons (Fsp3) is 0.875. The van der Waals surface area contributed by atoms with E-state index in [1.165, 1.54) is 51.5 Å². The summed E-state index contributed by atoms with van der Waals surface area (Å²) in [7, 11) is 1.97. The molecule has 0 aromatic carbocycles. The summed E-state index contributed by atoms with van der Waals surface area (Å²) in [5.74, 6) is 1.95. The van der Waals surface area contributed by atoms with Gasteiger partial charge in [-0.05, 0) is 88.7 Å². The first-order valence-electron chi connectivity index (χ1n) is 11.9. The third-order valence-corrected chi connectivity index (χ3v) is 8.42. The summed E-state index contributed by atoms with van der Waals surface area (Å²) in [6, 6.07) is 0.524. The van der Waals surface area contributed by atoms with Crippen LogP contribution >= 0.6 is 0 Å². The van der Waals surface area contributed by atoms with Gasteiger partial charge in [-0.15, -0.1) is 0 Å². The molecule has 4 nitrogen and oxygen atoms in total. The van der Waals surface area contributed by atoms with Gasteiger partial charge in [-0.25, -0.2) is 0 Å². The van der Waals surface area contributed by atoms with Gasteiger partial charge < -0.3 is 10.0 Å². The van der Waals surface area contributed by atoms with Crippen LogP contribution in [0, 0.1) is 17.8 Å². The molecule has 1 heterocycles. The van der Waals surface area contributed by atoms with E-state index in [0.29, 0.717) is 11.8 Å². The number of nitrogens with zero attached hydrogens (tertiary/aromatic N) is 2. The summed E-state index contributed by atoms with van der Waals surface area (Å²) in [5, 5.41) is 11.5. The summed E-state index contributed by atoms with van der Waals surface area (Å²) in [5.41, 5.74) is -0.564. The topological polar surface area (TPSA) is 43.8 Å². The second-order valence-electron chi connectivity index (χ2n) is 10.2. The molecule has 1 amide bonds. The maximum Gasteiger partial charge on any atom is 0.246 e. The number of rotatable bonds is 5. The van der Waals surface area contributed by atoms with Crippen molar-refractivity contribution in [3.8, 4) is 0 Å². The van der Waals surface area contributed by atoms with Crippen LogP contribution in [-0.4, -0.2) is 58.6 Å². The quantitative estimate of drug-likeness (QED) is 0.725. The zero-order chi connectivity index (χ0) is 19.7. The smallest absolute Gasteiger partial charge is 0.246 e. The Kier molecular flexibility index (Phi) is 6.17. The molecule has 0 aromatic heterocycles. The lowest BCUT2D eigenvalue weighted by atomic mass is 9.66. The van der Waals surface area contributed by atoms with Crippen molar-refractivity contribution in [2.24, 2.45) is 17.8 Å². The highest BCUT2D eigenvalue weighted by Crippen LogP contribution is 2.45. The number of likely N-dealkylation sites (N-methyl/N-ethyl adjacent to an activating group) is 1. The molecule has 3 unspecified atom stereocenters. The lowest BCUT2D eigenvalue weighted by Gasteiger charge is -2.54. The number of likely N-dealkylation sites (tertiary alicyclic amines) is 1. The molecule has 0 spiro atoms. The predicted octanol–water partition coefficient (Wildman–Crippen LogP) is 3.99. The van der Waals surface area contributed by atoms with Gasteiger partial charge in [0.25, 0.3) is 0 Å². The van der Waals surface area contributed by atoms with Gasteiger partial charge in [0.15, 0.2) is 0 Å². The Labute approximate surface area is 171 Å². The van der Waals surface area contributed by atoms with E-state index in [1.807, 2.05) is 18.0 Å². The average molecular weight is 389 g/mol. The lowest BCUT2D eigenvalue weighted by molar-refractivity contribution is -0.152. The molecule has 0 radical (unpaired) electrons. The first-order valence-corrected chi connectivity index (χ1v) is 11.9. The molecule has 4 fully saturated rings. The standard InChI is InChI=1S/C24H40N2O2/c1-18-24(28)14-12-22(16-21(24)13-15-26(18)17-20-8-9-20)25(2)23(27)11-10-19-6-4-3-5-7-19/h10-11,18-22,28H,3-9,12-17H2,1-2H3/b11-10+/t18-,21?,22?,24?/m1/s1. The van der Waals surface area contributed by atoms with E-state index in [4.69, 9.17) is 0 Å². The van der Waals surface area contributed by atoms with Crippen LogP contribution in [0.5, 0.6) is 0 Å². The molecule has 1 N–H and O–H groups in total. The first kappa shape index (κ1) is 20.4. The SMILES string of the molecule is C[C@H]1N(CC2CC2)CCC2CC(N(C)C(=O)/C=C/C3CCCCC3)CCC21O. The minimum Gasteiger partial charge on any atom is -0.388 e. The molecule has 1 saturated heterocycles. The van der Waals surface area contributed by atoms with E-state index in [2.05, 4.69) is 17.9 Å². The van der Waals surface area contributed by atoms with Gasteiger partial charge in [0, 0.05) is 25.7 Å². The molecule has 4 heteroatoms. The lowest BCUT2D eigenvalue weighted by Crippen LogP contribution is -2.63. The highest BCUT2D eigenvalue weighted by atomic mass is 16.3. The summed E-state index contributed by atoms with van der Waals surface area (Å²) in [4.78, 5) is 17.2. The Hall–Kier alpha value is -0.870. The number of piperidine rings is 1. The summed E-state index contributed by atoms with van der Waals surface area (Å²) < 4.78 is 0. The van der Waals surface area contributed by atoms with Crippen molar-refractivity contribution in [3.63, 3.8) is 0 Å². The van der Waals surface area contributed by atoms with Crippen LogP contribution in [-0.2, 0) is 4.79 Å². The van der Waals surface area contributed by atoms with E-state index in [1.54, 1.807) is 0 Å². The first-order chi connectivity index (χ1) is 13.5. The summed E-state index contributed by atoms with van der Waals surface area (Å²) in [6.07, 6.45) is 16.9. The molecule has 4 rings (SSSR count). The Morgan fingerprint density at radius 3 is 2.61 bits per heavy atom. The molecule has 3 aliphatic carbocycles. The molecule has 0 bridgehead atoms. The van der Waals surface area contributed by atoms with Crippen LogP contribution < -0.4 is 0 Å². The maximum absolute atomic E-state index is 12.7. The van der Waals surface area contributed by atoms with E-state index >= 15 is 0 Å². The van der Waals surface area contributed by atoms with E-state index in [-0.39, 0.29) is 18.0 Å². The van der Waals surface area contributed by atoms with Crippen LogP contribution in [0.1, 0.15) is 77.6 Å². The molecular formula is C24H40N2O2. The Bertz CT molecular complexity index is 581. The second-order valence-corrected chi connectivity index (χ2v) is 10.2. The highest BCUT2D eigenvalue weighted by molar-refractivity contribution is 5.87. The van der Waals surface area contributed by atoms with Crippen molar-refractivity contribution in [1.82, 2.24) is 9.80 Å².